The van der Waals surface area contributed by atoms with Gasteiger partial charge < -0.3 is 4.74 Å². The van der Waals surface area contributed by atoms with Crippen molar-refractivity contribution in [2.24, 2.45) is 0 Å². The number of nitrogens with zero attached hydrogens (tertiary/aromatic N) is 1. The van der Waals surface area contributed by atoms with Crippen LogP contribution in [0.15, 0.2) is 24.3 Å². The van der Waals surface area contributed by atoms with Crippen molar-refractivity contribution in [1.82, 2.24) is 0 Å². The van der Waals surface area contributed by atoms with Crippen molar-refractivity contribution in [2.45, 2.75) is 20.1 Å². The fourth-order valence-corrected chi connectivity index (χ4v) is 1.50. The first-order valence-electron chi connectivity index (χ1n) is 5.51. The molecule has 0 aliphatic heterocycles. The van der Waals surface area contributed by atoms with Crippen LogP contribution in [0.3, 0.4) is 0 Å². The Labute approximate surface area is 103 Å². The van der Waals surface area contributed by atoms with Gasteiger partial charge in [-0.05, 0) is 38.1 Å². The fraction of sp³-hybridized carbons (Fsp3) is 0.417. The molecule has 1 aromatic carbocycles. The Bertz CT molecular complexity index is 401. The van der Waals surface area contributed by atoms with Gasteiger partial charge >= 0.3 is 12.3 Å². The van der Waals surface area contributed by atoms with Crippen LogP contribution in [0, 0.1) is 0 Å². The highest BCUT2D eigenvalue weighted by atomic mass is 19.4. The quantitative estimate of drug-likeness (QED) is 0.615. The van der Waals surface area contributed by atoms with Crippen LogP contribution in [-0.2, 0) is 4.74 Å². The Morgan fingerprint density at radius 1 is 1.22 bits per heavy atom. The Kier molecular flexibility index (Phi) is 4.58. The van der Waals surface area contributed by atoms with Crippen LogP contribution in [0.5, 0.6) is 0 Å². The first-order valence-corrected chi connectivity index (χ1v) is 5.51. The molecule has 18 heavy (non-hydrogen) atoms. The summed E-state index contributed by atoms with van der Waals surface area (Å²) in [4.78, 5) is 11.6. The van der Waals surface area contributed by atoms with Crippen molar-refractivity contribution < 1.29 is 22.7 Å². The van der Waals surface area contributed by atoms with Gasteiger partial charge in [0.2, 0.25) is 0 Å². The minimum atomic E-state index is -4.43. The summed E-state index contributed by atoms with van der Waals surface area (Å²) >= 11 is 0. The second-order valence-corrected chi connectivity index (χ2v) is 3.48. The number of benzene rings is 1. The molecule has 0 atom stereocenters. The minimum absolute atomic E-state index is 0.00181. The molecule has 1 aromatic rings. The zero-order chi connectivity index (χ0) is 13.8. The third-order valence-electron chi connectivity index (χ3n) is 2.31. The summed E-state index contributed by atoms with van der Waals surface area (Å²) in [7, 11) is 0. The number of halogens is 3. The predicted octanol–water partition coefficient (Wildman–Crippen LogP) is 3.21. The summed E-state index contributed by atoms with van der Waals surface area (Å²) < 4.78 is 42.6. The summed E-state index contributed by atoms with van der Waals surface area (Å²) in [6, 6.07) is 5.15. The molecule has 3 nitrogen and oxygen atoms in total. The maximum absolute atomic E-state index is 12.6. The van der Waals surface area contributed by atoms with Crippen LogP contribution in [0.4, 0.5) is 18.9 Å². The van der Waals surface area contributed by atoms with Gasteiger partial charge in [-0.2, -0.15) is 13.2 Å². The molecule has 0 aliphatic carbocycles. The average molecular weight is 261 g/mol. The average Bonchev–Trinajstić information content (AvgIpc) is 2.29. The van der Waals surface area contributed by atoms with Crippen molar-refractivity contribution in [3.63, 3.8) is 0 Å². The number of hydrogen-bond donors (Lipinski definition) is 0. The van der Waals surface area contributed by atoms with E-state index < -0.39 is 12.3 Å². The van der Waals surface area contributed by atoms with E-state index in [9.17, 15) is 18.0 Å². The SMILES string of the molecule is CCOC(=O)c1ccc(N(CC)C(F)(F)F)cc1. The number of carbonyl (C=O) groups is 1. The number of alkyl halides is 3. The molecule has 0 radical (unpaired) electrons. The number of esters is 1. The number of rotatable bonds is 4. The zero-order valence-corrected chi connectivity index (χ0v) is 10.1. The van der Waals surface area contributed by atoms with Crippen molar-refractivity contribution in [3.8, 4) is 0 Å². The molecule has 0 unspecified atom stereocenters. The van der Waals surface area contributed by atoms with E-state index in [0.29, 0.717) is 4.90 Å². The summed E-state index contributed by atoms with van der Waals surface area (Å²) in [6.45, 7) is 3.11. The molecular formula is C12H14F3NO2. The summed E-state index contributed by atoms with van der Waals surface area (Å²) in [5.74, 6) is -0.542. The second kappa shape index (κ2) is 5.75. The number of anilines is 1. The molecule has 0 saturated carbocycles. The smallest absolute Gasteiger partial charge is 0.462 e. The summed E-state index contributed by atoms with van der Waals surface area (Å²) in [5, 5.41) is 0. The monoisotopic (exact) mass is 261 g/mol. The number of carbonyl (C=O) groups excluding carboxylic acids is 1. The molecule has 0 amide bonds. The topological polar surface area (TPSA) is 29.5 Å². The first-order chi connectivity index (χ1) is 8.40. The van der Waals surface area contributed by atoms with Crippen molar-refractivity contribution >= 4 is 11.7 Å². The van der Waals surface area contributed by atoms with Gasteiger partial charge in [-0.25, -0.2) is 4.79 Å². The summed E-state index contributed by atoms with van der Waals surface area (Å²) in [6.07, 6.45) is -4.43. The van der Waals surface area contributed by atoms with Crippen LogP contribution in [0.1, 0.15) is 24.2 Å². The van der Waals surface area contributed by atoms with Crippen molar-refractivity contribution in [3.05, 3.63) is 29.8 Å². The molecule has 0 aliphatic rings. The predicted molar refractivity (Wildman–Crippen MR) is 61.5 cm³/mol. The third-order valence-corrected chi connectivity index (χ3v) is 2.31. The van der Waals surface area contributed by atoms with Crippen LogP contribution in [0.25, 0.3) is 0 Å². The molecule has 6 heteroatoms. The number of ether oxygens (including phenoxy) is 1. The van der Waals surface area contributed by atoms with E-state index in [1.807, 2.05) is 0 Å². The molecule has 0 spiro atoms. The number of hydrogen-bond acceptors (Lipinski definition) is 3. The molecule has 0 bridgehead atoms. The largest absolute Gasteiger partial charge is 0.484 e. The van der Waals surface area contributed by atoms with Crippen LogP contribution >= 0.6 is 0 Å². The highest BCUT2D eigenvalue weighted by Gasteiger charge is 2.36. The molecule has 0 N–H and O–H groups in total. The Morgan fingerprint density at radius 2 is 1.78 bits per heavy atom. The molecule has 1 rings (SSSR count). The van der Waals surface area contributed by atoms with E-state index >= 15 is 0 Å². The maximum atomic E-state index is 12.6. The molecule has 100 valence electrons. The molecule has 0 heterocycles. The van der Waals surface area contributed by atoms with Gasteiger partial charge in [0.1, 0.15) is 0 Å². The van der Waals surface area contributed by atoms with Gasteiger partial charge in [-0.3, -0.25) is 4.90 Å². The Hall–Kier alpha value is -1.72. The second-order valence-electron chi connectivity index (χ2n) is 3.48. The fourth-order valence-electron chi connectivity index (χ4n) is 1.50. The van der Waals surface area contributed by atoms with Crippen LogP contribution in [0.2, 0.25) is 0 Å². The highest BCUT2D eigenvalue weighted by Crippen LogP contribution is 2.28. The zero-order valence-electron chi connectivity index (χ0n) is 10.1. The van der Waals surface area contributed by atoms with Crippen molar-refractivity contribution in [1.29, 1.82) is 0 Å². The van der Waals surface area contributed by atoms with E-state index in [1.165, 1.54) is 31.2 Å². The van der Waals surface area contributed by atoms with Crippen molar-refractivity contribution in [2.75, 3.05) is 18.1 Å². The Balaban J connectivity index is 2.91. The molecular weight excluding hydrogens is 247 g/mol. The van der Waals surface area contributed by atoms with Crippen LogP contribution < -0.4 is 4.90 Å². The van der Waals surface area contributed by atoms with E-state index in [2.05, 4.69) is 0 Å². The van der Waals surface area contributed by atoms with E-state index in [1.54, 1.807) is 6.92 Å². The third kappa shape index (κ3) is 3.38. The van der Waals surface area contributed by atoms with Gasteiger partial charge in [0.25, 0.3) is 0 Å². The Morgan fingerprint density at radius 3 is 2.17 bits per heavy atom. The van der Waals surface area contributed by atoms with Gasteiger partial charge in [-0.15, -0.1) is 0 Å². The van der Waals surface area contributed by atoms with E-state index in [-0.39, 0.29) is 24.4 Å². The lowest BCUT2D eigenvalue weighted by atomic mass is 10.2. The normalized spacial score (nSPS) is 11.2. The first kappa shape index (κ1) is 14.3. The van der Waals surface area contributed by atoms with Crippen LogP contribution in [-0.4, -0.2) is 25.4 Å². The van der Waals surface area contributed by atoms with Gasteiger partial charge in [-0.1, -0.05) is 0 Å². The van der Waals surface area contributed by atoms with Gasteiger partial charge in [0, 0.05) is 12.2 Å². The highest BCUT2D eigenvalue weighted by molar-refractivity contribution is 5.89. The summed E-state index contributed by atoms with van der Waals surface area (Å²) in [5.41, 5.74) is 0.233. The molecule has 0 aromatic heterocycles. The molecule has 0 fully saturated rings. The standard InChI is InChI=1S/C12H14F3NO2/c1-3-16(12(13,14)15)10-7-5-9(6-8-10)11(17)18-4-2/h5-8H,3-4H2,1-2H3. The lowest BCUT2D eigenvalue weighted by molar-refractivity contribution is -0.128. The minimum Gasteiger partial charge on any atom is -0.462 e. The van der Waals surface area contributed by atoms with E-state index in [4.69, 9.17) is 4.74 Å². The maximum Gasteiger partial charge on any atom is 0.484 e. The van der Waals surface area contributed by atoms with E-state index in [0.717, 1.165) is 0 Å². The lowest BCUT2D eigenvalue weighted by Crippen LogP contribution is -2.37. The molecule has 0 saturated heterocycles. The van der Waals surface area contributed by atoms with Gasteiger partial charge in [0.05, 0.1) is 12.2 Å². The lowest BCUT2D eigenvalue weighted by Gasteiger charge is -2.25. The van der Waals surface area contributed by atoms with Gasteiger partial charge in [0.15, 0.2) is 0 Å².